The molecular weight excluding hydrogens is 250 g/mol. The summed E-state index contributed by atoms with van der Waals surface area (Å²) in [6.45, 7) is 7.57. The van der Waals surface area contributed by atoms with Crippen molar-refractivity contribution in [2.45, 2.75) is 70.6 Å². The largest absolute Gasteiger partial charge is 0.377 e. The van der Waals surface area contributed by atoms with Crippen molar-refractivity contribution in [1.29, 1.82) is 0 Å². The number of methoxy groups -OCH3 is 1. The van der Waals surface area contributed by atoms with Crippen molar-refractivity contribution in [2.75, 3.05) is 13.7 Å². The molecule has 1 aromatic heterocycles. The van der Waals surface area contributed by atoms with Gasteiger partial charge in [-0.15, -0.1) is 0 Å². The van der Waals surface area contributed by atoms with Crippen LogP contribution in [-0.2, 0) is 11.2 Å². The van der Waals surface area contributed by atoms with Gasteiger partial charge in [0.2, 0.25) is 0 Å². The van der Waals surface area contributed by atoms with E-state index in [2.05, 4.69) is 43.4 Å². The fraction of sp³-hybridized carbons (Fsp3) is 0.812. The topological polar surface area (TPSA) is 39.1 Å². The van der Waals surface area contributed by atoms with Crippen LogP contribution in [0.3, 0.4) is 0 Å². The Morgan fingerprint density at radius 3 is 2.65 bits per heavy atom. The third-order valence-corrected chi connectivity index (χ3v) is 4.49. The lowest BCUT2D eigenvalue weighted by atomic mass is 9.73. The third kappa shape index (κ3) is 3.23. The Morgan fingerprint density at radius 1 is 1.45 bits per heavy atom. The Morgan fingerprint density at radius 2 is 2.20 bits per heavy atom. The highest BCUT2D eigenvalue weighted by molar-refractivity contribution is 5.09. The van der Waals surface area contributed by atoms with Crippen molar-refractivity contribution in [3.8, 4) is 0 Å². The van der Waals surface area contributed by atoms with Crippen LogP contribution in [0.15, 0.2) is 12.3 Å². The van der Waals surface area contributed by atoms with Crippen LogP contribution in [0.2, 0.25) is 0 Å². The summed E-state index contributed by atoms with van der Waals surface area (Å²) in [4.78, 5) is 0. The van der Waals surface area contributed by atoms with E-state index >= 15 is 0 Å². The van der Waals surface area contributed by atoms with Gasteiger partial charge in [-0.3, -0.25) is 4.68 Å². The van der Waals surface area contributed by atoms with E-state index in [0.29, 0.717) is 12.1 Å². The van der Waals surface area contributed by atoms with Gasteiger partial charge in [-0.1, -0.05) is 6.92 Å². The summed E-state index contributed by atoms with van der Waals surface area (Å²) in [5.41, 5.74) is 1.19. The van der Waals surface area contributed by atoms with Gasteiger partial charge in [0.1, 0.15) is 0 Å². The van der Waals surface area contributed by atoms with Crippen LogP contribution >= 0.6 is 0 Å². The standard InChI is InChI=1S/C16H29N3O/c1-5-10-17-15(16(20-4)8-6-9-16)12-14-7-11-19(18-14)13(2)3/h7,11,13,15,17H,5-6,8-10,12H2,1-4H3. The Bertz CT molecular complexity index is 404. The van der Waals surface area contributed by atoms with Crippen LogP contribution in [0.25, 0.3) is 0 Å². The van der Waals surface area contributed by atoms with Crippen molar-refractivity contribution >= 4 is 0 Å². The second kappa shape index (κ2) is 6.72. The molecule has 1 unspecified atom stereocenters. The molecular formula is C16H29N3O. The Kier molecular flexibility index (Phi) is 5.22. The molecule has 1 aromatic rings. The zero-order valence-electron chi connectivity index (χ0n) is 13.4. The first-order chi connectivity index (χ1) is 9.61. The zero-order valence-corrected chi connectivity index (χ0v) is 13.4. The predicted octanol–water partition coefficient (Wildman–Crippen LogP) is 2.94. The van der Waals surface area contributed by atoms with Gasteiger partial charge in [-0.2, -0.15) is 5.10 Å². The quantitative estimate of drug-likeness (QED) is 0.795. The first-order valence-corrected chi connectivity index (χ1v) is 7.94. The van der Waals surface area contributed by atoms with Gasteiger partial charge in [-0.25, -0.2) is 0 Å². The molecule has 20 heavy (non-hydrogen) atoms. The molecule has 4 heteroatoms. The summed E-state index contributed by atoms with van der Waals surface area (Å²) in [5, 5.41) is 8.36. The van der Waals surface area contributed by atoms with Gasteiger partial charge in [0, 0.05) is 31.8 Å². The SMILES string of the molecule is CCCNC(Cc1ccn(C(C)C)n1)C1(OC)CCC1. The van der Waals surface area contributed by atoms with E-state index in [9.17, 15) is 0 Å². The summed E-state index contributed by atoms with van der Waals surface area (Å²) in [6.07, 6.45) is 7.78. The van der Waals surface area contributed by atoms with Crippen LogP contribution in [0.4, 0.5) is 0 Å². The molecule has 1 heterocycles. The highest BCUT2D eigenvalue weighted by Gasteiger charge is 2.44. The van der Waals surface area contributed by atoms with Gasteiger partial charge in [0.25, 0.3) is 0 Å². The molecule has 0 aromatic carbocycles. The Hall–Kier alpha value is -0.870. The van der Waals surface area contributed by atoms with Crippen molar-refractivity contribution in [3.05, 3.63) is 18.0 Å². The minimum absolute atomic E-state index is 0.0246. The number of rotatable bonds is 8. The molecule has 0 aliphatic heterocycles. The minimum Gasteiger partial charge on any atom is -0.377 e. The average molecular weight is 279 g/mol. The molecule has 1 N–H and O–H groups in total. The lowest BCUT2D eigenvalue weighted by Gasteiger charge is -2.46. The average Bonchev–Trinajstić information content (AvgIpc) is 2.83. The summed E-state index contributed by atoms with van der Waals surface area (Å²) >= 11 is 0. The van der Waals surface area contributed by atoms with E-state index in [1.54, 1.807) is 0 Å². The van der Waals surface area contributed by atoms with E-state index in [4.69, 9.17) is 4.74 Å². The van der Waals surface area contributed by atoms with Crippen LogP contribution in [0.5, 0.6) is 0 Å². The molecule has 114 valence electrons. The van der Waals surface area contributed by atoms with Gasteiger partial charge in [0.05, 0.1) is 11.3 Å². The highest BCUT2D eigenvalue weighted by Crippen LogP contribution is 2.39. The summed E-state index contributed by atoms with van der Waals surface area (Å²) < 4.78 is 7.90. The van der Waals surface area contributed by atoms with E-state index < -0.39 is 0 Å². The first kappa shape index (κ1) is 15.5. The minimum atomic E-state index is 0.0246. The van der Waals surface area contributed by atoms with Gasteiger partial charge in [0.15, 0.2) is 0 Å². The molecule has 1 fully saturated rings. The highest BCUT2D eigenvalue weighted by atomic mass is 16.5. The molecule has 0 bridgehead atoms. The molecule has 0 spiro atoms. The van der Waals surface area contributed by atoms with Gasteiger partial charge >= 0.3 is 0 Å². The number of hydrogen-bond acceptors (Lipinski definition) is 3. The molecule has 1 aliphatic rings. The molecule has 0 radical (unpaired) electrons. The number of hydrogen-bond donors (Lipinski definition) is 1. The fourth-order valence-electron chi connectivity index (χ4n) is 2.97. The summed E-state index contributed by atoms with van der Waals surface area (Å²) in [5.74, 6) is 0. The van der Waals surface area contributed by atoms with Crippen molar-refractivity contribution in [2.24, 2.45) is 0 Å². The maximum Gasteiger partial charge on any atom is 0.0834 e. The second-order valence-electron chi connectivity index (χ2n) is 6.21. The monoisotopic (exact) mass is 279 g/mol. The molecule has 1 aliphatic carbocycles. The Labute approximate surface area is 122 Å². The third-order valence-electron chi connectivity index (χ3n) is 4.49. The normalized spacial score (nSPS) is 19.1. The fourth-order valence-corrected chi connectivity index (χ4v) is 2.97. The first-order valence-electron chi connectivity index (χ1n) is 7.94. The maximum atomic E-state index is 5.86. The molecule has 1 saturated carbocycles. The summed E-state index contributed by atoms with van der Waals surface area (Å²) in [6, 6.07) is 2.94. The lowest BCUT2D eigenvalue weighted by molar-refractivity contribution is -0.0982. The van der Waals surface area contributed by atoms with E-state index in [0.717, 1.165) is 37.9 Å². The zero-order chi connectivity index (χ0) is 14.6. The van der Waals surface area contributed by atoms with Crippen LogP contribution in [0, 0.1) is 0 Å². The van der Waals surface area contributed by atoms with Crippen molar-refractivity contribution < 1.29 is 4.74 Å². The van der Waals surface area contributed by atoms with E-state index in [1.807, 2.05) is 11.8 Å². The van der Waals surface area contributed by atoms with E-state index in [-0.39, 0.29) is 5.60 Å². The maximum absolute atomic E-state index is 5.86. The van der Waals surface area contributed by atoms with Crippen molar-refractivity contribution in [1.82, 2.24) is 15.1 Å². The number of aromatic nitrogens is 2. The Balaban J connectivity index is 2.06. The van der Waals surface area contributed by atoms with Gasteiger partial charge < -0.3 is 10.1 Å². The molecule has 0 amide bonds. The number of nitrogens with zero attached hydrogens (tertiary/aromatic N) is 2. The predicted molar refractivity (Wildman–Crippen MR) is 82.0 cm³/mol. The van der Waals surface area contributed by atoms with Crippen molar-refractivity contribution in [3.63, 3.8) is 0 Å². The van der Waals surface area contributed by atoms with Crippen LogP contribution in [-0.4, -0.2) is 35.1 Å². The molecule has 2 rings (SSSR count). The van der Waals surface area contributed by atoms with Crippen LogP contribution < -0.4 is 5.32 Å². The number of ether oxygens (including phenoxy) is 1. The van der Waals surface area contributed by atoms with E-state index in [1.165, 1.54) is 6.42 Å². The molecule has 1 atom stereocenters. The van der Waals surface area contributed by atoms with Gasteiger partial charge in [-0.05, 0) is 52.1 Å². The van der Waals surface area contributed by atoms with Crippen LogP contribution in [0.1, 0.15) is 58.2 Å². The lowest BCUT2D eigenvalue weighted by Crippen LogP contribution is -2.57. The smallest absolute Gasteiger partial charge is 0.0834 e. The second-order valence-corrected chi connectivity index (χ2v) is 6.21. The molecule has 4 nitrogen and oxygen atoms in total. The summed E-state index contributed by atoms with van der Waals surface area (Å²) in [7, 11) is 1.85. The number of nitrogens with one attached hydrogen (secondary N) is 1. The molecule has 0 saturated heterocycles.